The molecule has 1 saturated heterocycles. The van der Waals surface area contributed by atoms with E-state index in [-0.39, 0.29) is 0 Å². The van der Waals surface area contributed by atoms with Crippen LogP contribution in [0.2, 0.25) is 0 Å². The van der Waals surface area contributed by atoms with E-state index in [0.29, 0.717) is 0 Å². The molecule has 1 rings (SSSR count). The van der Waals surface area contributed by atoms with Gasteiger partial charge in [-0.25, -0.2) is 0 Å². The van der Waals surface area contributed by atoms with Crippen LogP contribution in [0.25, 0.3) is 0 Å². The Hall–Kier alpha value is -0.280. The second-order valence-corrected chi connectivity index (χ2v) is 3.67. The number of aliphatic hydroxyl groups is 5. The van der Waals surface area contributed by atoms with Gasteiger partial charge in [0.25, 0.3) is 0 Å². The lowest BCUT2D eigenvalue weighted by molar-refractivity contribution is -0.182. The van der Waals surface area contributed by atoms with Crippen molar-refractivity contribution in [3.8, 4) is 0 Å². The van der Waals surface area contributed by atoms with E-state index in [2.05, 4.69) is 0 Å². The number of aliphatic hydroxyl groups excluding tert-OH is 5. The molecule has 7 heteroatoms. The molecule has 0 radical (unpaired) electrons. The Labute approximate surface area is 86.7 Å². The smallest absolute Gasteiger partial charge is 0.164 e. The van der Waals surface area contributed by atoms with Gasteiger partial charge in [-0.1, -0.05) is 0 Å². The summed E-state index contributed by atoms with van der Waals surface area (Å²) in [5.74, 6) is -1.94. The van der Waals surface area contributed by atoms with E-state index in [1.165, 1.54) is 0 Å². The molecule has 0 bridgehead atoms. The SMILES string of the molecule is NC1OC(O)C(CO)C(O)C(O)C1CO. The maximum Gasteiger partial charge on any atom is 0.164 e. The standard InChI is InChI=1S/C8H17NO6/c9-7-3(1-10)5(12)6(13)4(2-11)8(14)15-7/h3-8,10-14H,1-2,9H2. The Morgan fingerprint density at radius 2 is 1.40 bits per heavy atom. The normalized spacial score (nSPS) is 47.6. The van der Waals surface area contributed by atoms with Crippen molar-refractivity contribution < 1.29 is 30.3 Å². The summed E-state index contributed by atoms with van der Waals surface area (Å²) >= 11 is 0. The number of hydrogen-bond acceptors (Lipinski definition) is 7. The first-order chi connectivity index (χ1) is 7.02. The minimum Gasteiger partial charge on any atom is -0.396 e. The zero-order chi connectivity index (χ0) is 11.6. The van der Waals surface area contributed by atoms with Crippen molar-refractivity contribution >= 4 is 0 Å². The third-order valence-electron chi connectivity index (χ3n) is 2.73. The lowest BCUT2D eigenvalue weighted by atomic mass is 9.91. The highest BCUT2D eigenvalue weighted by atomic mass is 16.6. The predicted octanol–water partition coefficient (Wildman–Crippen LogP) is -3.44. The summed E-state index contributed by atoms with van der Waals surface area (Å²) in [7, 11) is 0. The van der Waals surface area contributed by atoms with E-state index in [9.17, 15) is 15.3 Å². The Morgan fingerprint density at radius 3 is 1.87 bits per heavy atom. The van der Waals surface area contributed by atoms with Crippen molar-refractivity contribution in [2.75, 3.05) is 13.2 Å². The second kappa shape index (κ2) is 5.17. The third kappa shape index (κ3) is 2.45. The molecule has 6 atom stereocenters. The van der Waals surface area contributed by atoms with Crippen molar-refractivity contribution in [1.82, 2.24) is 0 Å². The van der Waals surface area contributed by atoms with Crippen molar-refractivity contribution in [1.29, 1.82) is 0 Å². The van der Waals surface area contributed by atoms with E-state index in [4.69, 9.17) is 20.7 Å². The van der Waals surface area contributed by atoms with Gasteiger partial charge in [0, 0.05) is 0 Å². The van der Waals surface area contributed by atoms with E-state index in [0.717, 1.165) is 0 Å². The molecule has 7 N–H and O–H groups in total. The summed E-state index contributed by atoms with van der Waals surface area (Å²) < 4.78 is 4.85. The van der Waals surface area contributed by atoms with Gasteiger partial charge in [-0.3, -0.25) is 0 Å². The third-order valence-corrected chi connectivity index (χ3v) is 2.73. The summed E-state index contributed by atoms with van der Waals surface area (Å²) in [5.41, 5.74) is 5.45. The molecule has 1 fully saturated rings. The first-order valence-corrected chi connectivity index (χ1v) is 4.69. The molecule has 0 saturated carbocycles. The largest absolute Gasteiger partial charge is 0.396 e. The molecule has 15 heavy (non-hydrogen) atoms. The molecule has 7 nitrogen and oxygen atoms in total. The van der Waals surface area contributed by atoms with Crippen molar-refractivity contribution in [3.05, 3.63) is 0 Å². The van der Waals surface area contributed by atoms with Crippen LogP contribution in [0.3, 0.4) is 0 Å². The van der Waals surface area contributed by atoms with Crippen LogP contribution < -0.4 is 5.73 Å². The molecule has 1 heterocycles. The summed E-state index contributed by atoms with van der Waals surface area (Å²) in [6.07, 6.45) is -5.30. The van der Waals surface area contributed by atoms with Crippen molar-refractivity contribution in [2.45, 2.75) is 24.7 Å². The summed E-state index contributed by atoms with van der Waals surface area (Å²) in [4.78, 5) is 0. The van der Waals surface area contributed by atoms with Crippen LogP contribution in [0, 0.1) is 11.8 Å². The average molecular weight is 223 g/mol. The van der Waals surface area contributed by atoms with Crippen LogP contribution in [0.15, 0.2) is 0 Å². The predicted molar refractivity (Wildman–Crippen MR) is 48.2 cm³/mol. The first-order valence-electron chi connectivity index (χ1n) is 4.69. The van der Waals surface area contributed by atoms with Gasteiger partial charge in [0.1, 0.15) is 6.23 Å². The van der Waals surface area contributed by atoms with Crippen LogP contribution in [0.5, 0.6) is 0 Å². The second-order valence-electron chi connectivity index (χ2n) is 3.67. The van der Waals surface area contributed by atoms with Gasteiger partial charge < -0.3 is 36.0 Å². The summed E-state index contributed by atoms with van der Waals surface area (Å²) in [6, 6.07) is 0. The molecule has 6 unspecified atom stereocenters. The highest BCUT2D eigenvalue weighted by Crippen LogP contribution is 2.25. The van der Waals surface area contributed by atoms with Gasteiger partial charge in [-0.15, -0.1) is 0 Å². The van der Waals surface area contributed by atoms with E-state index >= 15 is 0 Å². The molecule has 1 aliphatic heterocycles. The Morgan fingerprint density at radius 1 is 0.933 bits per heavy atom. The van der Waals surface area contributed by atoms with Crippen LogP contribution in [-0.4, -0.2) is 63.5 Å². The van der Waals surface area contributed by atoms with Crippen molar-refractivity contribution in [3.63, 3.8) is 0 Å². The molecular formula is C8H17NO6. The quantitative estimate of drug-likeness (QED) is 0.286. The molecule has 0 aromatic rings. The fourth-order valence-electron chi connectivity index (χ4n) is 1.64. The van der Waals surface area contributed by atoms with Gasteiger partial charge in [-0.2, -0.15) is 0 Å². The molecule has 0 aliphatic carbocycles. The minimum absolute atomic E-state index is 0.482. The van der Waals surface area contributed by atoms with Crippen molar-refractivity contribution in [2.24, 2.45) is 17.6 Å². The Bertz CT molecular complexity index is 184. The lowest BCUT2D eigenvalue weighted by Gasteiger charge is -2.26. The maximum absolute atomic E-state index is 9.61. The highest BCUT2D eigenvalue weighted by molar-refractivity contribution is 4.88. The Balaban J connectivity index is 2.86. The van der Waals surface area contributed by atoms with Crippen LogP contribution >= 0.6 is 0 Å². The number of nitrogens with two attached hydrogens (primary N) is 1. The summed E-state index contributed by atoms with van der Waals surface area (Å²) in [6.45, 7) is -1.03. The fraction of sp³-hybridized carbons (Fsp3) is 1.00. The minimum atomic E-state index is -1.47. The molecule has 90 valence electrons. The Kier molecular flexibility index (Phi) is 4.41. The monoisotopic (exact) mass is 223 g/mol. The molecule has 0 aromatic heterocycles. The molecule has 1 aliphatic rings. The molecule has 0 amide bonds. The van der Waals surface area contributed by atoms with Crippen LogP contribution in [0.1, 0.15) is 0 Å². The number of ether oxygens (including phenoxy) is 1. The number of rotatable bonds is 2. The first kappa shape index (κ1) is 12.8. The lowest BCUT2D eigenvalue weighted by Crippen LogP contribution is -2.45. The van der Waals surface area contributed by atoms with E-state index in [1.807, 2.05) is 0 Å². The van der Waals surface area contributed by atoms with E-state index in [1.54, 1.807) is 0 Å². The van der Waals surface area contributed by atoms with Gasteiger partial charge in [0.15, 0.2) is 6.29 Å². The van der Waals surface area contributed by atoms with Gasteiger partial charge in [0.05, 0.1) is 37.3 Å². The topological polar surface area (TPSA) is 136 Å². The average Bonchev–Trinajstić information content (AvgIpc) is 2.25. The van der Waals surface area contributed by atoms with Crippen LogP contribution in [-0.2, 0) is 4.74 Å². The van der Waals surface area contributed by atoms with Gasteiger partial charge in [0.2, 0.25) is 0 Å². The van der Waals surface area contributed by atoms with Gasteiger partial charge in [-0.05, 0) is 0 Å². The molecule has 0 spiro atoms. The highest BCUT2D eigenvalue weighted by Gasteiger charge is 2.43. The maximum atomic E-state index is 9.61. The van der Waals surface area contributed by atoms with Crippen LogP contribution in [0.4, 0.5) is 0 Å². The molecular weight excluding hydrogens is 206 g/mol. The molecule has 0 aromatic carbocycles. The van der Waals surface area contributed by atoms with E-state index < -0.39 is 49.8 Å². The summed E-state index contributed by atoms with van der Waals surface area (Å²) in [5, 5.41) is 46.5. The number of hydrogen-bond donors (Lipinski definition) is 6. The zero-order valence-electron chi connectivity index (χ0n) is 8.10. The fourth-order valence-corrected chi connectivity index (χ4v) is 1.64. The van der Waals surface area contributed by atoms with Gasteiger partial charge >= 0.3 is 0 Å². The zero-order valence-corrected chi connectivity index (χ0v) is 8.10.